The van der Waals surface area contributed by atoms with Crippen LogP contribution in [0.4, 0.5) is 0 Å². The van der Waals surface area contributed by atoms with Gasteiger partial charge in [-0.2, -0.15) is 0 Å². The molecule has 3 rings (SSSR count). The molecule has 0 aromatic heterocycles. The summed E-state index contributed by atoms with van der Waals surface area (Å²) in [4.78, 5) is 0. The maximum absolute atomic E-state index is 6.07. The summed E-state index contributed by atoms with van der Waals surface area (Å²) in [5.41, 5.74) is 9.02. The van der Waals surface area contributed by atoms with Gasteiger partial charge in [0, 0.05) is 6.04 Å². The first-order valence-electron chi connectivity index (χ1n) is 5.23. The molecule has 2 nitrogen and oxygen atoms in total. The van der Waals surface area contributed by atoms with Gasteiger partial charge in [-0.25, -0.2) is 0 Å². The zero-order valence-electron chi connectivity index (χ0n) is 8.36. The van der Waals surface area contributed by atoms with Crippen molar-refractivity contribution in [2.24, 2.45) is 5.73 Å². The van der Waals surface area contributed by atoms with Crippen LogP contribution in [0, 0.1) is 0 Å². The zero-order valence-corrected chi connectivity index (χ0v) is 8.36. The first-order valence-corrected chi connectivity index (χ1v) is 5.23. The lowest BCUT2D eigenvalue weighted by Gasteiger charge is -2.21. The van der Waals surface area contributed by atoms with E-state index in [1.807, 2.05) is 6.07 Å². The summed E-state index contributed by atoms with van der Waals surface area (Å²) < 4.78 is 5.24. The third kappa shape index (κ3) is 0.947. The van der Waals surface area contributed by atoms with E-state index in [1.54, 1.807) is 7.11 Å². The molecular weight excluding hydrogens is 174 g/mol. The van der Waals surface area contributed by atoms with Gasteiger partial charge < -0.3 is 10.5 Å². The minimum absolute atomic E-state index is 0.390. The van der Waals surface area contributed by atoms with Crippen LogP contribution in [0.2, 0.25) is 0 Å². The quantitative estimate of drug-likeness (QED) is 0.733. The van der Waals surface area contributed by atoms with E-state index in [0.717, 1.165) is 12.2 Å². The van der Waals surface area contributed by atoms with Gasteiger partial charge in [0.05, 0.1) is 7.11 Å². The smallest absolute Gasteiger partial charge is 0.119 e. The number of hydrogen-bond donors (Lipinski definition) is 1. The number of ether oxygens (including phenoxy) is 1. The number of nitrogens with two attached hydrogens (primary N) is 1. The van der Waals surface area contributed by atoms with Crippen molar-refractivity contribution in [2.45, 2.75) is 30.7 Å². The molecule has 0 heterocycles. The van der Waals surface area contributed by atoms with Crippen molar-refractivity contribution in [3.05, 3.63) is 29.3 Å². The second-order valence-electron chi connectivity index (χ2n) is 4.43. The van der Waals surface area contributed by atoms with Crippen LogP contribution in [0.15, 0.2) is 18.2 Å². The maximum atomic E-state index is 6.07. The number of rotatable bonds is 1. The molecule has 2 heteroatoms. The largest absolute Gasteiger partial charge is 0.497 e. The monoisotopic (exact) mass is 189 g/mol. The Morgan fingerprint density at radius 2 is 2.14 bits per heavy atom. The van der Waals surface area contributed by atoms with E-state index in [2.05, 4.69) is 12.1 Å². The molecule has 0 spiro atoms. The summed E-state index contributed by atoms with van der Waals surface area (Å²) in [6.07, 6.45) is 2.41. The van der Waals surface area contributed by atoms with Crippen molar-refractivity contribution in [3.63, 3.8) is 0 Å². The molecule has 2 N–H and O–H groups in total. The van der Waals surface area contributed by atoms with Crippen LogP contribution in [0.5, 0.6) is 5.75 Å². The standard InChI is InChI=1S/C12H15NO/c1-14-8-2-3-9-10(6-8)7-4-11(9)12(13)5-7/h2-3,6-7,11-12H,4-5,13H2,1H3. The third-order valence-corrected chi connectivity index (χ3v) is 3.75. The van der Waals surface area contributed by atoms with Gasteiger partial charge in [0.1, 0.15) is 5.75 Å². The Balaban J connectivity index is 2.08. The highest BCUT2D eigenvalue weighted by Crippen LogP contribution is 2.52. The van der Waals surface area contributed by atoms with Gasteiger partial charge in [-0.15, -0.1) is 0 Å². The molecule has 2 aliphatic carbocycles. The Morgan fingerprint density at radius 3 is 2.93 bits per heavy atom. The highest BCUT2D eigenvalue weighted by molar-refractivity contribution is 5.46. The minimum Gasteiger partial charge on any atom is -0.497 e. The Morgan fingerprint density at radius 1 is 1.29 bits per heavy atom. The molecule has 74 valence electrons. The molecule has 1 fully saturated rings. The average molecular weight is 189 g/mol. The number of fused-ring (bicyclic) bond motifs is 5. The zero-order chi connectivity index (χ0) is 9.71. The average Bonchev–Trinajstić information content (AvgIpc) is 2.74. The van der Waals surface area contributed by atoms with Gasteiger partial charge in [0.25, 0.3) is 0 Å². The summed E-state index contributed by atoms with van der Waals surface area (Å²) in [6.45, 7) is 0. The van der Waals surface area contributed by atoms with Crippen molar-refractivity contribution in [1.29, 1.82) is 0 Å². The van der Waals surface area contributed by atoms with E-state index < -0.39 is 0 Å². The Hall–Kier alpha value is -1.02. The van der Waals surface area contributed by atoms with Crippen molar-refractivity contribution >= 4 is 0 Å². The van der Waals surface area contributed by atoms with Crippen molar-refractivity contribution < 1.29 is 4.74 Å². The first-order chi connectivity index (χ1) is 6.79. The summed E-state index contributed by atoms with van der Waals surface area (Å²) >= 11 is 0. The SMILES string of the molecule is COc1ccc2c(c1)C1CC(N)C2C1. The molecule has 3 unspecified atom stereocenters. The Bertz CT molecular complexity index is 375. The van der Waals surface area contributed by atoms with Gasteiger partial charge in [0.15, 0.2) is 0 Å². The van der Waals surface area contributed by atoms with Crippen molar-refractivity contribution in [3.8, 4) is 5.75 Å². The molecule has 3 atom stereocenters. The molecule has 0 aliphatic heterocycles. The summed E-state index contributed by atoms with van der Waals surface area (Å²) in [7, 11) is 1.72. The van der Waals surface area contributed by atoms with Gasteiger partial charge in [0.2, 0.25) is 0 Å². The molecule has 1 aromatic carbocycles. The molecule has 0 radical (unpaired) electrons. The van der Waals surface area contributed by atoms with Crippen LogP contribution in [0.25, 0.3) is 0 Å². The highest BCUT2D eigenvalue weighted by Gasteiger charge is 2.41. The number of benzene rings is 1. The molecule has 2 aliphatic rings. The van der Waals surface area contributed by atoms with E-state index in [9.17, 15) is 0 Å². The third-order valence-electron chi connectivity index (χ3n) is 3.75. The Kier molecular flexibility index (Phi) is 1.62. The topological polar surface area (TPSA) is 35.2 Å². The van der Waals surface area contributed by atoms with Crippen molar-refractivity contribution in [1.82, 2.24) is 0 Å². The van der Waals surface area contributed by atoms with Crippen LogP contribution in [0.1, 0.15) is 35.8 Å². The number of methoxy groups -OCH3 is 1. The van der Waals surface area contributed by atoms with E-state index in [4.69, 9.17) is 10.5 Å². The predicted octanol–water partition coefficient (Wildman–Crippen LogP) is 2.00. The summed E-state index contributed by atoms with van der Waals surface area (Å²) in [5.74, 6) is 2.28. The van der Waals surface area contributed by atoms with Gasteiger partial charge in [-0.05, 0) is 47.9 Å². The second-order valence-corrected chi connectivity index (χ2v) is 4.43. The van der Waals surface area contributed by atoms with Gasteiger partial charge >= 0.3 is 0 Å². The van der Waals surface area contributed by atoms with E-state index in [0.29, 0.717) is 17.9 Å². The predicted molar refractivity (Wildman–Crippen MR) is 55.7 cm³/mol. The summed E-state index contributed by atoms with van der Waals surface area (Å²) in [6, 6.07) is 6.82. The molecule has 14 heavy (non-hydrogen) atoms. The van der Waals surface area contributed by atoms with Crippen LogP contribution in [0.3, 0.4) is 0 Å². The van der Waals surface area contributed by atoms with Gasteiger partial charge in [-0.1, -0.05) is 6.07 Å². The fourth-order valence-corrected chi connectivity index (χ4v) is 3.05. The normalized spacial score (nSPS) is 33.1. The Labute approximate surface area is 84.1 Å². The van der Waals surface area contributed by atoms with Crippen LogP contribution >= 0.6 is 0 Å². The van der Waals surface area contributed by atoms with Crippen LogP contribution in [-0.2, 0) is 0 Å². The molecule has 0 saturated heterocycles. The fraction of sp³-hybridized carbons (Fsp3) is 0.500. The van der Waals surface area contributed by atoms with E-state index in [-0.39, 0.29) is 0 Å². The van der Waals surface area contributed by atoms with E-state index >= 15 is 0 Å². The van der Waals surface area contributed by atoms with E-state index in [1.165, 1.54) is 17.5 Å². The first kappa shape index (κ1) is 8.30. The molecule has 1 aromatic rings. The minimum atomic E-state index is 0.390. The number of hydrogen-bond acceptors (Lipinski definition) is 2. The molecule has 1 saturated carbocycles. The lowest BCUT2D eigenvalue weighted by atomic mass is 9.89. The van der Waals surface area contributed by atoms with Crippen LogP contribution < -0.4 is 10.5 Å². The van der Waals surface area contributed by atoms with Crippen molar-refractivity contribution in [2.75, 3.05) is 7.11 Å². The molecule has 2 bridgehead atoms. The summed E-state index contributed by atoms with van der Waals surface area (Å²) in [5, 5.41) is 0. The van der Waals surface area contributed by atoms with Crippen LogP contribution in [-0.4, -0.2) is 13.2 Å². The second kappa shape index (κ2) is 2.74. The lowest BCUT2D eigenvalue weighted by Crippen LogP contribution is -2.25. The molecule has 0 amide bonds. The maximum Gasteiger partial charge on any atom is 0.119 e. The molecular formula is C12H15NO. The fourth-order valence-electron chi connectivity index (χ4n) is 3.05. The highest BCUT2D eigenvalue weighted by atomic mass is 16.5. The lowest BCUT2D eigenvalue weighted by molar-refractivity contribution is 0.413. The van der Waals surface area contributed by atoms with Gasteiger partial charge in [-0.3, -0.25) is 0 Å².